The summed E-state index contributed by atoms with van der Waals surface area (Å²) in [6, 6.07) is 1.14. The Morgan fingerprint density at radius 1 is 1.45 bits per heavy atom. The summed E-state index contributed by atoms with van der Waals surface area (Å²) in [5.41, 5.74) is -1.50. The lowest BCUT2D eigenvalue weighted by molar-refractivity contribution is -0.141. The van der Waals surface area contributed by atoms with Gasteiger partial charge in [0.25, 0.3) is 0 Å². The molecule has 0 saturated heterocycles. The molecule has 0 aromatic carbocycles. The Bertz CT molecular complexity index is 478. The van der Waals surface area contributed by atoms with E-state index in [2.05, 4.69) is 10.3 Å². The van der Waals surface area contributed by atoms with Crippen LogP contribution in [0.5, 0.6) is 0 Å². The number of carboxylic acids is 1. The summed E-state index contributed by atoms with van der Waals surface area (Å²) in [4.78, 5) is 14.3. The van der Waals surface area contributed by atoms with Crippen molar-refractivity contribution in [1.29, 1.82) is 0 Å². The number of hydrogen-bond donors (Lipinski definition) is 3. The number of aliphatic hydroxyl groups is 1. The van der Waals surface area contributed by atoms with Gasteiger partial charge in [-0.05, 0) is 25.0 Å². The van der Waals surface area contributed by atoms with E-state index in [-0.39, 0.29) is 30.5 Å². The summed E-state index contributed by atoms with van der Waals surface area (Å²) in [6.07, 6.45) is -3.85. The maximum Gasteiger partial charge on any atom is 0.433 e. The summed E-state index contributed by atoms with van der Waals surface area (Å²) < 4.78 is 37.8. The molecule has 1 atom stereocenters. The van der Waals surface area contributed by atoms with Crippen LogP contribution < -0.4 is 5.32 Å². The molecular weight excluding hydrogens is 277 g/mol. The van der Waals surface area contributed by atoms with E-state index in [0.717, 1.165) is 6.07 Å². The second-order valence-electron chi connectivity index (χ2n) is 4.16. The second-order valence-corrected chi connectivity index (χ2v) is 4.16. The van der Waals surface area contributed by atoms with Gasteiger partial charge in [-0.1, -0.05) is 6.92 Å². The molecule has 0 aliphatic heterocycles. The molecule has 20 heavy (non-hydrogen) atoms. The van der Waals surface area contributed by atoms with E-state index < -0.39 is 17.8 Å². The molecule has 1 unspecified atom stereocenters. The molecule has 1 rings (SSSR count). The molecule has 1 aromatic rings. The molecule has 0 aliphatic carbocycles. The Morgan fingerprint density at radius 2 is 2.10 bits per heavy atom. The number of hydrogen-bond acceptors (Lipinski definition) is 4. The van der Waals surface area contributed by atoms with Crippen LogP contribution >= 0.6 is 0 Å². The smallest absolute Gasteiger partial charge is 0.433 e. The minimum absolute atomic E-state index is 0.160. The van der Waals surface area contributed by atoms with Crippen LogP contribution in [-0.2, 0) is 6.18 Å². The highest BCUT2D eigenvalue weighted by Crippen LogP contribution is 2.29. The van der Waals surface area contributed by atoms with E-state index >= 15 is 0 Å². The first-order valence-corrected chi connectivity index (χ1v) is 5.98. The third-order valence-corrected chi connectivity index (χ3v) is 2.73. The van der Waals surface area contributed by atoms with E-state index in [1.165, 1.54) is 0 Å². The predicted octanol–water partition coefficient (Wildman–Crippen LogP) is 2.37. The van der Waals surface area contributed by atoms with Gasteiger partial charge < -0.3 is 15.5 Å². The van der Waals surface area contributed by atoms with Crippen molar-refractivity contribution < 1.29 is 28.2 Å². The quantitative estimate of drug-likeness (QED) is 0.750. The van der Waals surface area contributed by atoms with Crippen molar-refractivity contribution in [3.8, 4) is 0 Å². The van der Waals surface area contributed by atoms with Gasteiger partial charge in [-0.2, -0.15) is 13.2 Å². The van der Waals surface area contributed by atoms with Gasteiger partial charge in [0.1, 0.15) is 17.1 Å². The molecule has 0 amide bonds. The Balaban J connectivity index is 3.15. The van der Waals surface area contributed by atoms with Gasteiger partial charge in [-0.15, -0.1) is 0 Å². The summed E-state index contributed by atoms with van der Waals surface area (Å²) >= 11 is 0. The first-order chi connectivity index (χ1) is 9.29. The molecule has 0 aliphatic rings. The number of aromatic carboxylic acids is 1. The molecular formula is C12H15F3N2O3. The van der Waals surface area contributed by atoms with Crippen molar-refractivity contribution in [2.45, 2.75) is 32.0 Å². The minimum Gasteiger partial charge on any atom is -0.478 e. The first-order valence-electron chi connectivity index (χ1n) is 5.98. The molecule has 3 N–H and O–H groups in total. The van der Waals surface area contributed by atoms with Gasteiger partial charge in [0.05, 0.1) is 0 Å². The van der Waals surface area contributed by atoms with Crippen LogP contribution in [0.15, 0.2) is 12.1 Å². The van der Waals surface area contributed by atoms with Crippen molar-refractivity contribution >= 4 is 11.8 Å². The Hall–Kier alpha value is -1.83. The van der Waals surface area contributed by atoms with E-state index in [1.54, 1.807) is 6.92 Å². The van der Waals surface area contributed by atoms with Crippen LogP contribution in [0, 0.1) is 0 Å². The fourth-order valence-electron chi connectivity index (χ4n) is 1.63. The largest absolute Gasteiger partial charge is 0.478 e. The number of rotatable bonds is 6. The fraction of sp³-hybridized carbons (Fsp3) is 0.500. The number of aliphatic hydroxyl groups excluding tert-OH is 1. The zero-order chi connectivity index (χ0) is 15.3. The lowest BCUT2D eigenvalue weighted by Gasteiger charge is -2.18. The third-order valence-electron chi connectivity index (χ3n) is 2.73. The summed E-state index contributed by atoms with van der Waals surface area (Å²) in [6.45, 7) is 1.61. The number of carboxylic acid groups (broad SMARTS) is 1. The minimum atomic E-state index is -4.65. The number of carbonyl (C=O) groups is 1. The van der Waals surface area contributed by atoms with Crippen LogP contribution in [0.4, 0.5) is 19.0 Å². The number of halogens is 3. The Kier molecular flexibility index (Phi) is 5.32. The molecule has 112 valence electrons. The second kappa shape index (κ2) is 6.56. The van der Waals surface area contributed by atoms with E-state index in [1.807, 2.05) is 0 Å². The normalized spacial score (nSPS) is 13.1. The van der Waals surface area contributed by atoms with Gasteiger partial charge >= 0.3 is 12.1 Å². The highest BCUT2D eigenvalue weighted by Gasteiger charge is 2.33. The van der Waals surface area contributed by atoms with Crippen LogP contribution in [0.25, 0.3) is 0 Å². The number of anilines is 1. The standard InChI is InChI=1S/C12H15F3N2O3/c1-2-7(5-6-18)16-10-8(11(19)20)3-4-9(17-10)12(13,14)15/h3-4,7,18H,2,5-6H2,1H3,(H,16,17)(H,19,20). The summed E-state index contributed by atoms with van der Waals surface area (Å²) in [5, 5.41) is 20.5. The molecule has 0 saturated carbocycles. The number of aromatic nitrogens is 1. The monoisotopic (exact) mass is 292 g/mol. The molecule has 8 heteroatoms. The van der Waals surface area contributed by atoms with E-state index in [0.29, 0.717) is 12.5 Å². The average Bonchev–Trinajstić information content (AvgIpc) is 2.36. The van der Waals surface area contributed by atoms with Crippen molar-refractivity contribution in [1.82, 2.24) is 4.98 Å². The maximum absolute atomic E-state index is 12.6. The molecule has 0 fully saturated rings. The summed E-state index contributed by atoms with van der Waals surface area (Å²) in [5.74, 6) is -1.71. The van der Waals surface area contributed by atoms with Crippen molar-refractivity contribution in [3.63, 3.8) is 0 Å². The molecule has 1 aromatic heterocycles. The summed E-state index contributed by atoms with van der Waals surface area (Å²) in [7, 11) is 0. The molecule has 0 radical (unpaired) electrons. The zero-order valence-corrected chi connectivity index (χ0v) is 10.7. The van der Waals surface area contributed by atoms with Gasteiger partial charge in [0.15, 0.2) is 0 Å². The lowest BCUT2D eigenvalue weighted by atomic mass is 10.1. The molecule has 0 spiro atoms. The first kappa shape index (κ1) is 16.2. The van der Waals surface area contributed by atoms with Gasteiger partial charge in [-0.25, -0.2) is 9.78 Å². The van der Waals surface area contributed by atoms with Crippen LogP contribution in [0.1, 0.15) is 35.8 Å². The molecule has 1 heterocycles. The Labute approximate surface area is 113 Å². The number of nitrogens with zero attached hydrogens (tertiary/aromatic N) is 1. The van der Waals surface area contributed by atoms with Crippen molar-refractivity contribution in [2.24, 2.45) is 0 Å². The number of pyridine rings is 1. The van der Waals surface area contributed by atoms with Gasteiger partial charge in [-0.3, -0.25) is 0 Å². The predicted molar refractivity (Wildman–Crippen MR) is 65.6 cm³/mol. The van der Waals surface area contributed by atoms with Gasteiger partial charge in [0.2, 0.25) is 0 Å². The highest BCUT2D eigenvalue weighted by atomic mass is 19.4. The molecule has 0 bridgehead atoms. The fourth-order valence-corrected chi connectivity index (χ4v) is 1.63. The average molecular weight is 292 g/mol. The number of nitrogens with one attached hydrogen (secondary N) is 1. The Morgan fingerprint density at radius 3 is 2.55 bits per heavy atom. The SMILES string of the molecule is CCC(CCO)Nc1nc(C(F)(F)F)ccc1C(=O)O. The van der Waals surface area contributed by atoms with E-state index in [4.69, 9.17) is 10.2 Å². The lowest BCUT2D eigenvalue weighted by Crippen LogP contribution is -2.23. The van der Waals surface area contributed by atoms with Crippen molar-refractivity contribution in [2.75, 3.05) is 11.9 Å². The van der Waals surface area contributed by atoms with Crippen molar-refractivity contribution in [3.05, 3.63) is 23.4 Å². The van der Waals surface area contributed by atoms with Crippen LogP contribution in [0.2, 0.25) is 0 Å². The maximum atomic E-state index is 12.6. The van der Waals surface area contributed by atoms with Crippen LogP contribution in [-0.4, -0.2) is 33.8 Å². The third kappa shape index (κ3) is 4.09. The molecule has 5 nitrogen and oxygen atoms in total. The topological polar surface area (TPSA) is 82.5 Å². The van der Waals surface area contributed by atoms with Gasteiger partial charge in [0, 0.05) is 12.6 Å². The highest BCUT2D eigenvalue weighted by molar-refractivity contribution is 5.93. The number of alkyl halides is 3. The van der Waals surface area contributed by atoms with Crippen LogP contribution in [0.3, 0.4) is 0 Å². The zero-order valence-electron chi connectivity index (χ0n) is 10.7. The van der Waals surface area contributed by atoms with E-state index in [9.17, 15) is 18.0 Å².